The maximum atomic E-state index is 11.1. The van der Waals surface area contributed by atoms with Crippen molar-refractivity contribution in [3.8, 4) is 5.75 Å². The fourth-order valence-corrected chi connectivity index (χ4v) is 1.36. The minimum Gasteiger partial charge on any atom is -0.497 e. The molecule has 0 fully saturated rings. The Morgan fingerprint density at radius 3 is 2.25 bits per heavy atom. The van der Waals surface area contributed by atoms with Crippen LogP contribution in [0.4, 0.5) is 0 Å². The van der Waals surface area contributed by atoms with Crippen LogP contribution in [0.25, 0.3) is 0 Å². The van der Waals surface area contributed by atoms with Crippen molar-refractivity contribution in [1.82, 2.24) is 0 Å². The topological polar surface area (TPSA) is 72.5 Å². The Bertz CT molecular complexity index is 370. The third-order valence-electron chi connectivity index (χ3n) is 2.80. The summed E-state index contributed by atoms with van der Waals surface area (Å²) >= 11 is 0. The van der Waals surface area contributed by atoms with Crippen molar-refractivity contribution in [2.24, 2.45) is 11.1 Å². The largest absolute Gasteiger partial charge is 0.497 e. The highest BCUT2D eigenvalue weighted by atomic mass is 16.5. The summed E-state index contributed by atoms with van der Waals surface area (Å²) in [6, 6.07) is 6.57. The number of methoxy groups -OCH3 is 1. The molecule has 0 aromatic heterocycles. The summed E-state index contributed by atoms with van der Waals surface area (Å²) in [5, 5.41) is 9.07. The number of benzene rings is 1. The lowest BCUT2D eigenvalue weighted by Gasteiger charge is -2.27. The van der Waals surface area contributed by atoms with Crippen LogP contribution >= 0.6 is 0 Å². The van der Waals surface area contributed by atoms with Crippen molar-refractivity contribution in [2.75, 3.05) is 7.11 Å². The van der Waals surface area contributed by atoms with Crippen LogP contribution < -0.4 is 10.5 Å². The average molecular weight is 223 g/mol. The summed E-state index contributed by atoms with van der Waals surface area (Å²) in [6.45, 7) is 3.23. The summed E-state index contributed by atoms with van der Waals surface area (Å²) < 4.78 is 5.02. The number of carbonyl (C=O) groups is 1. The van der Waals surface area contributed by atoms with Gasteiger partial charge in [0.25, 0.3) is 0 Å². The van der Waals surface area contributed by atoms with Crippen molar-refractivity contribution >= 4 is 5.97 Å². The molecule has 4 heteroatoms. The predicted molar refractivity (Wildman–Crippen MR) is 61.3 cm³/mol. The second-order valence-electron chi connectivity index (χ2n) is 4.28. The number of hydrogen-bond donors (Lipinski definition) is 2. The second-order valence-corrected chi connectivity index (χ2v) is 4.28. The van der Waals surface area contributed by atoms with Crippen molar-refractivity contribution in [2.45, 2.75) is 19.9 Å². The minimum atomic E-state index is -0.991. The van der Waals surface area contributed by atoms with Crippen molar-refractivity contribution in [3.05, 3.63) is 29.8 Å². The predicted octanol–water partition coefficient (Wildman–Crippen LogP) is 1.81. The third kappa shape index (κ3) is 2.33. The maximum Gasteiger partial charge on any atom is 0.311 e. The summed E-state index contributed by atoms with van der Waals surface area (Å²) in [4.78, 5) is 11.1. The summed E-state index contributed by atoms with van der Waals surface area (Å²) in [7, 11) is 1.58. The van der Waals surface area contributed by atoms with E-state index in [0.717, 1.165) is 11.3 Å². The molecule has 1 aromatic rings. The van der Waals surface area contributed by atoms with Crippen LogP contribution in [-0.2, 0) is 4.79 Å². The van der Waals surface area contributed by atoms with E-state index in [1.54, 1.807) is 45.2 Å². The normalized spacial score (nSPS) is 13.2. The van der Waals surface area contributed by atoms with E-state index >= 15 is 0 Å². The van der Waals surface area contributed by atoms with Gasteiger partial charge in [-0.2, -0.15) is 0 Å². The summed E-state index contributed by atoms with van der Waals surface area (Å²) in [6.07, 6.45) is 0. The van der Waals surface area contributed by atoms with Gasteiger partial charge in [-0.3, -0.25) is 4.79 Å². The van der Waals surface area contributed by atoms with Crippen LogP contribution in [-0.4, -0.2) is 18.2 Å². The molecule has 4 nitrogen and oxygen atoms in total. The van der Waals surface area contributed by atoms with Crippen molar-refractivity contribution in [1.29, 1.82) is 0 Å². The molecule has 0 saturated carbocycles. The molecule has 16 heavy (non-hydrogen) atoms. The van der Waals surface area contributed by atoms with Gasteiger partial charge in [-0.25, -0.2) is 0 Å². The van der Waals surface area contributed by atoms with Gasteiger partial charge >= 0.3 is 5.97 Å². The number of rotatable bonds is 4. The monoisotopic (exact) mass is 223 g/mol. The Balaban J connectivity index is 2.96. The zero-order valence-electron chi connectivity index (χ0n) is 9.73. The van der Waals surface area contributed by atoms with Crippen LogP contribution in [0.3, 0.4) is 0 Å². The van der Waals surface area contributed by atoms with E-state index in [0.29, 0.717) is 0 Å². The van der Waals surface area contributed by atoms with Gasteiger partial charge in [0.05, 0.1) is 12.5 Å². The molecule has 0 saturated heterocycles. The standard InChI is InChI=1S/C12H17NO3/c1-12(2,11(14)15)10(13)8-4-6-9(16-3)7-5-8/h4-7,10H,13H2,1-3H3,(H,14,15). The fraction of sp³-hybridized carbons (Fsp3) is 0.417. The van der Waals surface area contributed by atoms with E-state index in [1.165, 1.54) is 0 Å². The zero-order chi connectivity index (χ0) is 12.3. The highest BCUT2D eigenvalue weighted by Gasteiger charge is 2.35. The Hall–Kier alpha value is -1.55. The molecule has 0 radical (unpaired) electrons. The molecule has 0 aliphatic rings. The van der Waals surface area contributed by atoms with Gasteiger partial charge < -0.3 is 15.6 Å². The van der Waals surface area contributed by atoms with Gasteiger partial charge in [0.2, 0.25) is 0 Å². The first-order valence-electron chi connectivity index (χ1n) is 5.02. The summed E-state index contributed by atoms with van der Waals surface area (Å²) in [5.74, 6) is -0.181. The quantitative estimate of drug-likeness (QED) is 0.816. The first-order valence-corrected chi connectivity index (χ1v) is 5.02. The maximum absolute atomic E-state index is 11.1. The molecule has 1 aromatic carbocycles. The van der Waals surface area contributed by atoms with Gasteiger partial charge in [0.1, 0.15) is 5.75 Å². The zero-order valence-corrected chi connectivity index (χ0v) is 9.73. The SMILES string of the molecule is COc1ccc(C(N)C(C)(C)C(=O)O)cc1. The van der Waals surface area contributed by atoms with E-state index in [1.807, 2.05) is 0 Å². The molecular formula is C12H17NO3. The molecule has 1 unspecified atom stereocenters. The first kappa shape index (κ1) is 12.5. The van der Waals surface area contributed by atoms with E-state index in [2.05, 4.69) is 0 Å². The molecule has 0 amide bonds. The lowest BCUT2D eigenvalue weighted by Crippen LogP contribution is -2.36. The average Bonchev–Trinajstić information content (AvgIpc) is 2.28. The second kappa shape index (κ2) is 4.53. The molecular weight excluding hydrogens is 206 g/mol. The van der Waals surface area contributed by atoms with Crippen LogP contribution in [0.15, 0.2) is 24.3 Å². The van der Waals surface area contributed by atoms with Crippen LogP contribution in [0.1, 0.15) is 25.5 Å². The van der Waals surface area contributed by atoms with Crippen molar-refractivity contribution in [3.63, 3.8) is 0 Å². The van der Waals surface area contributed by atoms with E-state index in [4.69, 9.17) is 15.6 Å². The molecule has 0 spiro atoms. The fourth-order valence-electron chi connectivity index (χ4n) is 1.36. The number of ether oxygens (including phenoxy) is 1. The molecule has 0 aliphatic heterocycles. The molecule has 0 aliphatic carbocycles. The van der Waals surface area contributed by atoms with Gasteiger partial charge in [-0.05, 0) is 31.5 Å². The van der Waals surface area contributed by atoms with Gasteiger partial charge in [-0.1, -0.05) is 12.1 Å². The minimum absolute atomic E-state index is 0.545. The Labute approximate surface area is 95.0 Å². The summed E-state index contributed by atoms with van der Waals surface area (Å²) in [5.41, 5.74) is 5.74. The van der Waals surface area contributed by atoms with Gasteiger partial charge in [0, 0.05) is 6.04 Å². The highest BCUT2D eigenvalue weighted by Crippen LogP contribution is 2.32. The Kier molecular flexibility index (Phi) is 3.55. The number of carboxylic acid groups (broad SMARTS) is 1. The number of nitrogens with two attached hydrogens (primary N) is 1. The first-order chi connectivity index (χ1) is 7.39. The third-order valence-corrected chi connectivity index (χ3v) is 2.80. The molecule has 1 rings (SSSR count). The molecule has 88 valence electrons. The van der Waals surface area contributed by atoms with E-state index in [9.17, 15) is 4.79 Å². The number of aliphatic carboxylic acids is 1. The van der Waals surface area contributed by atoms with E-state index < -0.39 is 17.4 Å². The molecule has 1 atom stereocenters. The van der Waals surface area contributed by atoms with Crippen molar-refractivity contribution < 1.29 is 14.6 Å². The van der Waals surface area contributed by atoms with Crippen LogP contribution in [0.2, 0.25) is 0 Å². The van der Waals surface area contributed by atoms with E-state index in [-0.39, 0.29) is 0 Å². The Morgan fingerprint density at radius 1 is 1.38 bits per heavy atom. The number of carboxylic acids is 1. The highest BCUT2D eigenvalue weighted by molar-refractivity contribution is 5.75. The van der Waals surface area contributed by atoms with Gasteiger partial charge in [0.15, 0.2) is 0 Å². The molecule has 0 bridgehead atoms. The van der Waals surface area contributed by atoms with Crippen LogP contribution in [0.5, 0.6) is 5.75 Å². The number of hydrogen-bond acceptors (Lipinski definition) is 3. The molecule has 0 heterocycles. The van der Waals surface area contributed by atoms with Crippen LogP contribution in [0, 0.1) is 5.41 Å². The molecule has 3 N–H and O–H groups in total. The van der Waals surface area contributed by atoms with Gasteiger partial charge in [-0.15, -0.1) is 0 Å². The smallest absolute Gasteiger partial charge is 0.311 e. The lowest BCUT2D eigenvalue weighted by molar-refractivity contribution is -0.148. The Morgan fingerprint density at radius 2 is 1.88 bits per heavy atom. The lowest BCUT2D eigenvalue weighted by atomic mass is 9.81.